The molecule has 1 amide bonds. The van der Waals surface area contributed by atoms with Crippen molar-refractivity contribution in [1.82, 2.24) is 19.2 Å². The number of carbonyl (C=O) groups is 1. The lowest BCUT2D eigenvalue weighted by molar-refractivity contribution is -0.138. The first-order valence-electron chi connectivity index (χ1n) is 9.62. The number of rotatable bonds is 3. The predicted octanol–water partition coefficient (Wildman–Crippen LogP) is 3.59. The van der Waals surface area contributed by atoms with Crippen molar-refractivity contribution in [2.24, 2.45) is 5.92 Å². The van der Waals surface area contributed by atoms with Crippen LogP contribution in [0.4, 0.5) is 0 Å². The Bertz CT molecular complexity index is 697. The number of carbonyl (C=O) groups excluding carboxylic acids is 1. The molecule has 0 radical (unpaired) electrons. The SMILES string of the molecule is Cc1cnn(C2CCCN(C(=O)C3CCC(n4cccc4)CC3)C2)c1. The molecule has 1 atom stereocenters. The maximum atomic E-state index is 13.0. The van der Waals surface area contributed by atoms with Gasteiger partial charge in [-0.3, -0.25) is 9.48 Å². The largest absolute Gasteiger partial charge is 0.351 e. The third-order valence-electron chi connectivity index (χ3n) is 5.91. The normalized spacial score (nSPS) is 27.4. The van der Waals surface area contributed by atoms with E-state index in [2.05, 4.69) is 56.9 Å². The van der Waals surface area contributed by atoms with Gasteiger partial charge in [0.1, 0.15) is 0 Å². The lowest BCUT2D eigenvalue weighted by atomic mass is 9.84. The van der Waals surface area contributed by atoms with Crippen LogP contribution in [0.25, 0.3) is 0 Å². The topological polar surface area (TPSA) is 43.1 Å². The first-order chi connectivity index (χ1) is 12.2. The average Bonchev–Trinajstić information content (AvgIpc) is 3.33. The Labute approximate surface area is 149 Å². The van der Waals surface area contributed by atoms with Crippen molar-refractivity contribution >= 4 is 5.91 Å². The third-order valence-corrected chi connectivity index (χ3v) is 5.91. The molecule has 2 aromatic heterocycles. The molecule has 4 rings (SSSR count). The Morgan fingerprint density at radius 2 is 1.84 bits per heavy atom. The smallest absolute Gasteiger partial charge is 0.225 e. The van der Waals surface area contributed by atoms with E-state index < -0.39 is 0 Å². The number of hydrogen-bond donors (Lipinski definition) is 0. The number of aryl methyl sites for hydroxylation is 1. The van der Waals surface area contributed by atoms with E-state index in [1.165, 1.54) is 5.56 Å². The average molecular weight is 340 g/mol. The van der Waals surface area contributed by atoms with Crippen molar-refractivity contribution in [2.45, 2.75) is 57.5 Å². The Balaban J connectivity index is 1.35. The molecule has 2 aromatic rings. The van der Waals surface area contributed by atoms with E-state index in [-0.39, 0.29) is 5.92 Å². The summed E-state index contributed by atoms with van der Waals surface area (Å²) in [5, 5.41) is 4.46. The maximum absolute atomic E-state index is 13.0. The number of hydrogen-bond acceptors (Lipinski definition) is 2. The molecule has 2 aliphatic rings. The fourth-order valence-electron chi connectivity index (χ4n) is 4.47. The van der Waals surface area contributed by atoms with Crippen LogP contribution in [0.15, 0.2) is 36.9 Å². The predicted molar refractivity (Wildman–Crippen MR) is 97.2 cm³/mol. The highest BCUT2D eigenvalue weighted by atomic mass is 16.2. The first-order valence-corrected chi connectivity index (χ1v) is 9.62. The monoisotopic (exact) mass is 340 g/mol. The van der Waals surface area contributed by atoms with Gasteiger partial charge in [-0.1, -0.05) is 0 Å². The lowest BCUT2D eigenvalue weighted by Gasteiger charge is -2.37. The molecule has 1 aliphatic carbocycles. The van der Waals surface area contributed by atoms with Crippen LogP contribution in [-0.2, 0) is 4.79 Å². The van der Waals surface area contributed by atoms with Crippen LogP contribution in [0, 0.1) is 12.8 Å². The van der Waals surface area contributed by atoms with Crippen LogP contribution in [0.1, 0.15) is 56.2 Å². The van der Waals surface area contributed by atoms with Gasteiger partial charge in [-0.25, -0.2) is 0 Å². The molecule has 3 heterocycles. The van der Waals surface area contributed by atoms with E-state index in [4.69, 9.17) is 0 Å². The summed E-state index contributed by atoms with van der Waals surface area (Å²) in [7, 11) is 0. The second-order valence-corrected chi connectivity index (χ2v) is 7.71. The fraction of sp³-hybridized carbons (Fsp3) is 0.600. The number of piperidine rings is 1. The molecule has 0 aromatic carbocycles. The zero-order valence-electron chi connectivity index (χ0n) is 15.1. The summed E-state index contributed by atoms with van der Waals surface area (Å²) in [5.74, 6) is 0.587. The van der Waals surface area contributed by atoms with E-state index in [1.807, 2.05) is 6.20 Å². The van der Waals surface area contributed by atoms with E-state index >= 15 is 0 Å². The van der Waals surface area contributed by atoms with E-state index in [9.17, 15) is 4.79 Å². The van der Waals surface area contributed by atoms with Crippen LogP contribution >= 0.6 is 0 Å². The van der Waals surface area contributed by atoms with Crippen LogP contribution in [0.2, 0.25) is 0 Å². The van der Waals surface area contributed by atoms with Crippen LogP contribution < -0.4 is 0 Å². The molecule has 25 heavy (non-hydrogen) atoms. The molecule has 0 bridgehead atoms. The highest BCUT2D eigenvalue weighted by Gasteiger charge is 2.32. The molecule has 134 valence electrons. The maximum Gasteiger partial charge on any atom is 0.225 e. The van der Waals surface area contributed by atoms with E-state index in [0.717, 1.165) is 51.6 Å². The minimum atomic E-state index is 0.213. The van der Waals surface area contributed by atoms with Gasteiger partial charge in [0.15, 0.2) is 0 Å². The second kappa shape index (κ2) is 7.06. The summed E-state index contributed by atoms with van der Waals surface area (Å²) in [6.07, 6.45) is 14.8. The zero-order chi connectivity index (χ0) is 17.2. The zero-order valence-corrected chi connectivity index (χ0v) is 15.1. The van der Waals surface area contributed by atoms with Gasteiger partial charge in [0.25, 0.3) is 0 Å². The van der Waals surface area contributed by atoms with Gasteiger partial charge in [-0.15, -0.1) is 0 Å². The summed E-state index contributed by atoms with van der Waals surface area (Å²) in [6, 6.07) is 5.08. The molecular weight excluding hydrogens is 312 g/mol. The van der Waals surface area contributed by atoms with Crippen molar-refractivity contribution in [1.29, 1.82) is 0 Å². The molecule has 0 spiro atoms. The molecular formula is C20H28N4O. The van der Waals surface area contributed by atoms with Crippen LogP contribution in [0.3, 0.4) is 0 Å². The Morgan fingerprint density at radius 1 is 1.08 bits per heavy atom. The van der Waals surface area contributed by atoms with Crippen molar-refractivity contribution < 1.29 is 4.79 Å². The van der Waals surface area contributed by atoms with Crippen molar-refractivity contribution in [2.75, 3.05) is 13.1 Å². The lowest BCUT2D eigenvalue weighted by Crippen LogP contribution is -2.44. The van der Waals surface area contributed by atoms with Crippen molar-refractivity contribution in [3.05, 3.63) is 42.5 Å². The van der Waals surface area contributed by atoms with Gasteiger partial charge >= 0.3 is 0 Å². The van der Waals surface area contributed by atoms with E-state index in [0.29, 0.717) is 18.0 Å². The molecule has 1 aliphatic heterocycles. The molecule has 1 saturated heterocycles. The number of likely N-dealkylation sites (tertiary alicyclic amines) is 1. The minimum absolute atomic E-state index is 0.213. The number of amides is 1. The highest BCUT2D eigenvalue weighted by Crippen LogP contribution is 2.34. The molecule has 5 nitrogen and oxygen atoms in total. The fourth-order valence-corrected chi connectivity index (χ4v) is 4.47. The molecule has 0 N–H and O–H groups in total. The summed E-state index contributed by atoms with van der Waals surface area (Å²) < 4.78 is 4.36. The Hall–Kier alpha value is -2.04. The quantitative estimate of drug-likeness (QED) is 0.857. The molecule has 5 heteroatoms. The van der Waals surface area contributed by atoms with Crippen molar-refractivity contribution in [3.63, 3.8) is 0 Å². The molecule has 2 fully saturated rings. The van der Waals surface area contributed by atoms with Gasteiger partial charge in [0, 0.05) is 43.6 Å². The summed E-state index contributed by atoms with van der Waals surface area (Å²) in [4.78, 5) is 15.1. The first kappa shape index (κ1) is 16.4. The number of nitrogens with zero attached hydrogens (tertiary/aromatic N) is 4. The molecule has 1 saturated carbocycles. The highest BCUT2D eigenvalue weighted by molar-refractivity contribution is 5.79. The summed E-state index contributed by atoms with van der Waals surface area (Å²) in [6.45, 7) is 3.79. The van der Waals surface area contributed by atoms with Gasteiger partial charge < -0.3 is 9.47 Å². The standard InChI is InChI=1S/C20H28N4O/c1-16-13-21-24(14-16)19-5-4-12-23(15-19)20(25)17-6-8-18(9-7-17)22-10-2-3-11-22/h2-3,10-11,13-14,17-19H,4-9,12,15H2,1H3. The van der Waals surface area contributed by atoms with Gasteiger partial charge in [-0.05, 0) is 63.1 Å². The number of aromatic nitrogens is 3. The Kier molecular flexibility index (Phi) is 4.64. The third kappa shape index (κ3) is 3.51. The van der Waals surface area contributed by atoms with Gasteiger partial charge in [-0.2, -0.15) is 5.10 Å². The van der Waals surface area contributed by atoms with E-state index in [1.54, 1.807) is 0 Å². The summed E-state index contributed by atoms with van der Waals surface area (Å²) in [5.41, 5.74) is 1.19. The second-order valence-electron chi connectivity index (χ2n) is 7.71. The molecule has 1 unspecified atom stereocenters. The summed E-state index contributed by atoms with van der Waals surface area (Å²) >= 11 is 0. The van der Waals surface area contributed by atoms with Gasteiger partial charge in [0.2, 0.25) is 5.91 Å². The van der Waals surface area contributed by atoms with Crippen LogP contribution in [0.5, 0.6) is 0 Å². The van der Waals surface area contributed by atoms with Crippen molar-refractivity contribution in [3.8, 4) is 0 Å². The van der Waals surface area contributed by atoms with Gasteiger partial charge in [0.05, 0.1) is 12.2 Å². The minimum Gasteiger partial charge on any atom is -0.351 e. The Morgan fingerprint density at radius 3 is 2.52 bits per heavy atom. The van der Waals surface area contributed by atoms with Crippen LogP contribution in [-0.4, -0.2) is 38.2 Å².